The lowest BCUT2D eigenvalue weighted by Gasteiger charge is -2.29. The summed E-state index contributed by atoms with van der Waals surface area (Å²) in [5.41, 5.74) is 5.40. The van der Waals surface area contributed by atoms with Crippen molar-refractivity contribution in [3.63, 3.8) is 0 Å². The van der Waals surface area contributed by atoms with E-state index in [9.17, 15) is 9.59 Å². The van der Waals surface area contributed by atoms with Crippen molar-refractivity contribution in [2.45, 2.75) is 26.8 Å². The maximum absolute atomic E-state index is 13.0. The number of anilines is 1. The van der Waals surface area contributed by atoms with Crippen molar-refractivity contribution in [1.29, 1.82) is 0 Å². The number of fused-ring (bicyclic) bond motifs is 1. The summed E-state index contributed by atoms with van der Waals surface area (Å²) in [5, 5.41) is 2.89. The summed E-state index contributed by atoms with van der Waals surface area (Å²) in [7, 11) is 0. The molecule has 2 amide bonds. The van der Waals surface area contributed by atoms with Gasteiger partial charge in [0.25, 0.3) is 11.8 Å². The first kappa shape index (κ1) is 20.6. The Morgan fingerprint density at radius 1 is 1.16 bits per heavy atom. The summed E-state index contributed by atoms with van der Waals surface area (Å²) >= 11 is 0. The lowest BCUT2D eigenvalue weighted by atomic mass is 9.97. The number of carbonyl (C=O) groups is 2. The monoisotopic (exact) mass is 415 g/mol. The minimum absolute atomic E-state index is 0.0321. The van der Waals surface area contributed by atoms with Crippen molar-refractivity contribution in [3.05, 3.63) is 88.7 Å². The zero-order chi connectivity index (χ0) is 21.8. The molecule has 0 bridgehead atoms. The minimum Gasteiger partial charge on any atom is -0.483 e. The molecule has 4 rings (SSSR count). The van der Waals surface area contributed by atoms with Gasteiger partial charge in [-0.2, -0.15) is 0 Å². The summed E-state index contributed by atoms with van der Waals surface area (Å²) in [6.45, 7) is 4.97. The Kier molecular flexibility index (Phi) is 5.98. The predicted molar refractivity (Wildman–Crippen MR) is 119 cm³/mol. The van der Waals surface area contributed by atoms with Crippen molar-refractivity contribution in [2.24, 2.45) is 0 Å². The highest BCUT2D eigenvalue weighted by atomic mass is 16.5. The van der Waals surface area contributed by atoms with Crippen LogP contribution in [0.1, 0.15) is 32.6 Å². The highest BCUT2D eigenvalue weighted by Crippen LogP contribution is 2.29. The molecule has 0 radical (unpaired) electrons. The molecule has 0 unspecified atom stereocenters. The first-order chi connectivity index (χ1) is 15.0. The van der Waals surface area contributed by atoms with Gasteiger partial charge in [-0.1, -0.05) is 29.8 Å². The predicted octanol–water partition coefficient (Wildman–Crippen LogP) is 3.91. The van der Waals surface area contributed by atoms with Gasteiger partial charge in [0, 0.05) is 42.3 Å². The highest BCUT2D eigenvalue weighted by molar-refractivity contribution is 5.97. The van der Waals surface area contributed by atoms with E-state index >= 15 is 0 Å². The average molecular weight is 415 g/mol. The third kappa shape index (κ3) is 4.74. The van der Waals surface area contributed by atoms with E-state index in [-0.39, 0.29) is 18.4 Å². The molecule has 158 valence electrons. The van der Waals surface area contributed by atoms with E-state index in [0.717, 1.165) is 27.9 Å². The molecular weight excluding hydrogens is 390 g/mol. The van der Waals surface area contributed by atoms with E-state index in [1.807, 2.05) is 61.2 Å². The lowest BCUT2D eigenvalue weighted by molar-refractivity contribution is -0.118. The average Bonchev–Trinajstić information content (AvgIpc) is 2.77. The molecule has 1 N–H and O–H groups in total. The van der Waals surface area contributed by atoms with Crippen LogP contribution < -0.4 is 10.1 Å². The lowest BCUT2D eigenvalue weighted by Crippen LogP contribution is -2.37. The summed E-state index contributed by atoms with van der Waals surface area (Å²) in [4.78, 5) is 31.3. The molecular formula is C25H25N3O3. The second kappa shape index (κ2) is 9.00. The third-order valence-corrected chi connectivity index (χ3v) is 5.39. The number of hydrogen-bond acceptors (Lipinski definition) is 4. The number of ether oxygens (including phenoxy) is 1. The van der Waals surface area contributed by atoms with Crippen LogP contribution in [0.2, 0.25) is 0 Å². The summed E-state index contributed by atoms with van der Waals surface area (Å²) < 4.78 is 5.81. The Bertz CT molecular complexity index is 1110. The molecule has 0 saturated carbocycles. The number of amides is 2. The molecule has 1 aromatic heterocycles. The van der Waals surface area contributed by atoms with E-state index < -0.39 is 0 Å². The minimum atomic E-state index is -0.232. The zero-order valence-corrected chi connectivity index (χ0v) is 17.7. The van der Waals surface area contributed by atoms with Gasteiger partial charge in [0.1, 0.15) is 5.75 Å². The molecule has 31 heavy (non-hydrogen) atoms. The molecule has 0 saturated heterocycles. The van der Waals surface area contributed by atoms with E-state index in [1.54, 1.807) is 18.5 Å². The Labute approximate surface area is 181 Å². The van der Waals surface area contributed by atoms with E-state index in [0.29, 0.717) is 30.8 Å². The second-order valence-electron chi connectivity index (χ2n) is 7.78. The molecule has 0 fully saturated rings. The topological polar surface area (TPSA) is 71.5 Å². The van der Waals surface area contributed by atoms with Gasteiger partial charge >= 0.3 is 0 Å². The number of aryl methyl sites for hydroxylation is 2. The number of pyridine rings is 1. The Morgan fingerprint density at radius 3 is 2.81 bits per heavy atom. The van der Waals surface area contributed by atoms with Crippen LogP contribution in [-0.4, -0.2) is 34.8 Å². The summed E-state index contributed by atoms with van der Waals surface area (Å²) in [5.74, 6) is 0.322. The first-order valence-corrected chi connectivity index (χ1v) is 10.3. The summed E-state index contributed by atoms with van der Waals surface area (Å²) in [6.07, 6.45) is 4.17. The fourth-order valence-corrected chi connectivity index (χ4v) is 3.82. The number of aromatic nitrogens is 1. The summed E-state index contributed by atoms with van der Waals surface area (Å²) in [6, 6.07) is 15.1. The van der Waals surface area contributed by atoms with Crippen molar-refractivity contribution in [2.75, 3.05) is 18.5 Å². The fourth-order valence-electron chi connectivity index (χ4n) is 3.82. The van der Waals surface area contributed by atoms with Crippen molar-refractivity contribution < 1.29 is 14.3 Å². The second-order valence-corrected chi connectivity index (χ2v) is 7.78. The SMILES string of the molecule is Cc1ccc(NC(=O)COc2cccc3c2CCN(Cc2cccnc2)C3=O)c(C)c1. The third-order valence-electron chi connectivity index (χ3n) is 5.39. The van der Waals surface area contributed by atoms with Gasteiger partial charge in [0.2, 0.25) is 0 Å². The van der Waals surface area contributed by atoms with Crippen LogP contribution in [0.5, 0.6) is 5.75 Å². The van der Waals surface area contributed by atoms with Crippen molar-refractivity contribution in [1.82, 2.24) is 9.88 Å². The van der Waals surface area contributed by atoms with Crippen LogP contribution in [0.4, 0.5) is 5.69 Å². The molecule has 3 aromatic rings. The zero-order valence-electron chi connectivity index (χ0n) is 17.7. The van der Waals surface area contributed by atoms with Gasteiger partial charge in [0.15, 0.2) is 6.61 Å². The molecule has 6 nitrogen and oxygen atoms in total. The smallest absolute Gasteiger partial charge is 0.262 e. The van der Waals surface area contributed by atoms with E-state index in [1.165, 1.54) is 0 Å². The molecule has 1 aliphatic heterocycles. The highest BCUT2D eigenvalue weighted by Gasteiger charge is 2.27. The number of rotatable bonds is 6. The number of benzene rings is 2. The Morgan fingerprint density at radius 2 is 2.03 bits per heavy atom. The van der Waals surface area contributed by atoms with Crippen LogP contribution in [0.3, 0.4) is 0 Å². The van der Waals surface area contributed by atoms with Crippen LogP contribution in [0.15, 0.2) is 60.9 Å². The van der Waals surface area contributed by atoms with E-state index in [2.05, 4.69) is 10.3 Å². The van der Waals surface area contributed by atoms with Gasteiger partial charge in [-0.15, -0.1) is 0 Å². The fraction of sp³-hybridized carbons (Fsp3) is 0.240. The van der Waals surface area contributed by atoms with Gasteiger partial charge in [-0.05, 0) is 55.7 Å². The van der Waals surface area contributed by atoms with Crippen LogP contribution in [-0.2, 0) is 17.8 Å². The largest absolute Gasteiger partial charge is 0.483 e. The Balaban J connectivity index is 1.42. The molecule has 1 aliphatic rings. The first-order valence-electron chi connectivity index (χ1n) is 10.3. The molecule has 0 spiro atoms. The number of hydrogen-bond donors (Lipinski definition) is 1. The van der Waals surface area contributed by atoms with Gasteiger partial charge < -0.3 is 15.0 Å². The molecule has 2 aromatic carbocycles. The van der Waals surface area contributed by atoms with Gasteiger partial charge in [-0.3, -0.25) is 14.6 Å². The maximum Gasteiger partial charge on any atom is 0.262 e. The number of nitrogens with one attached hydrogen (secondary N) is 1. The molecule has 0 atom stereocenters. The Hall–Kier alpha value is -3.67. The number of nitrogens with zero attached hydrogens (tertiary/aromatic N) is 2. The molecule has 0 aliphatic carbocycles. The molecule has 2 heterocycles. The maximum atomic E-state index is 13.0. The van der Waals surface area contributed by atoms with Gasteiger partial charge in [-0.25, -0.2) is 0 Å². The molecule has 6 heteroatoms. The van der Waals surface area contributed by atoms with Crippen LogP contribution in [0.25, 0.3) is 0 Å². The van der Waals surface area contributed by atoms with Crippen molar-refractivity contribution >= 4 is 17.5 Å². The van der Waals surface area contributed by atoms with Crippen LogP contribution >= 0.6 is 0 Å². The standard InChI is InChI=1S/C25H25N3O3/c1-17-8-9-22(18(2)13-17)27-24(29)16-31-23-7-3-6-21-20(23)10-12-28(25(21)30)15-19-5-4-11-26-14-19/h3-9,11,13-14H,10,12,15-16H2,1-2H3,(H,27,29). The van der Waals surface area contributed by atoms with Gasteiger partial charge in [0.05, 0.1) is 0 Å². The van der Waals surface area contributed by atoms with Crippen molar-refractivity contribution in [3.8, 4) is 5.75 Å². The van der Waals surface area contributed by atoms with E-state index in [4.69, 9.17) is 4.74 Å². The normalized spacial score (nSPS) is 13.0. The quantitative estimate of drug-likeness (QED) is 0.663. The number of carbonyl (C=O) groups excluding carboxylic acids is 2. The van der Waals surface area contributed by atoms with Crippen LogP contribution in [0, 0.1) is 13.8 Å².